The van der Waals surface area contributed by atoms with E-state index < -0.39 is 4.92 Å². The Kier molecular flexibility index (Phi) is 4.33. The number of benzene rings is 2. The molecule has 0 saturated heterocycles. The highest BCUT2D eigenvalue weighted by atomic mass is 16.6. The van der Waals surface area contributed by atoms with Gasteiger partial charge in [-0.3, -0.25) is 14.9 Å². The molecule has 0 aliphatic carbocycles. The van der Waals surface area contributed by atoms with Crippen LogP contribution in [0.1, 0.15) is 11.1 Å². The zero-order valence-corrected chi connectivity index (χ0v) is 13.1. The van der Waals surface area contributed by atoms with Crippen molar-refractivity contribution in [1.82, 2.24) is 0 Å². The number of nitrogens with zero attached hydrogens (tertiary/aromatic N) is 1. The summed E-state index contributed by atoms with van der Waals surface area (Å²) in [6.45, 7) is 2.60. The number of anilines is 1. The Bertz CT molecular complexity index is 804. The molecule has 0 fully saturated rings. The van der Waals surface area contributed by atoms with Gasteiger partial charge in [0, 0.05) is 6.07 Å². The lowest BCUT2D eigenvalue weighted by molar-refractivity contribution is -0.385. The van der Waals surface area contributed by atoms with Crippen LogP contribution in [0.2, 0.25) is 0 Å². The third-order valence-corrected chi connectivity index (χ3v) is 3.75. The summed E-state index contributed by atoms with van der Waals surface area (Å²) in [5.74, 6) is 1.04. The van der Waals surface area contributed by atoms with Crippen LogP contribution >= 0.6 is 0 Å². The van der Waals surface area contributed by atoms with Crippen LogP contribution in [-0.4, -0.2) is 24.0 Å². The Morgan fingerprint density at radius 1 is 1.21 bits per heavy atom. The molecule has 0 bridgehead atoms. The third-order valence-electron chi connectivity index (χ3n) is 3.75. The fourth-order valence-electron chi connectivity index (χ4n) is 2.53. The number of hydrogen-bond acceptors (Lipinski definition) is 5. The van der Waals surface area contributed by atoms with E-state index in [0.717, 1.165) is 5.56 Å². The molecule has 0 radical (unpaired) electrons. The molecule has 7 nitrogen and oxygen atoms in total. The minimum absolute atomic E-state index is 0.0212. The Morgan fingerprint density at radius 3 is 2.71 bits per heavy atom. The molecular formula is C17H16N2O5. The molecule has 0 unspecified atom stereocenters. The van der Waals surface area contributed by atoms with Gasteiger partial charge in [0.05, 0.1) is 22.6 Å². The number of rotatable bonds is 4. The minimum Gasteiger partial charge on any atom is -0.486 e. The predicted molar refractivity (Wildman–Crippen MR) is 87.6 cm³/mol. The Morgan fingerprint density at radius 2 is 1.96 bits per heavy atom. The van der Waals surface area contributed by atoms with Gasteiger partial charge >= 0.3 is 0 Å². The largest absolute Gasteiger partial charge is 0.486 e. The van der Waals surface area contributed by atoms with Crippen molar-refractivity contribution in [2.75, 3.05) is 18.5 Å². The Hall–Kier alpha value is -3.09. The molecule has 2 aromatic carbocycles. The number of amides is 1. The Labute approximate surface area is 138 Å². The average Bonchev–Trinajstić information content (AvgIpc) is 2.56. The quantitative estimate of drug-likeness (QED) is 0.688. The van der Waals surface area contributed by atoms with Crippen molar-refractivity contribution in [2.45, 2.75) is 13.3 Å². The molecule has 2 aromatic rings. The SMILES string of the molecule is Cc1c(NC(=O)Cc2ccc3c(c2)OCCO3)cccc1[N+](=O)[O-]. The molecule has 24 heavy (non-hydrogen) atoms. The lowest BCUT2D eigenvalue weighted by Crippen LogP contribution is -2.17. The van der Waals surface area contributed by atoms with Crippen LogP contribution in [0.25, 0.3) is 0 Å². The average molecular weight is 328 g/mol. The number of ether oxygens (including phenoxy) is 2. The van der Waals surface area contributed by atoms with Crippen molar-refractivity contribution in [1.29, 1.82) is 0 Å². The van der Waals surface area contributed by atoms with Gasteiger partial charge in [0.25, 0.3) is 5.69 Å². The molecule has 1 heterocycles. The topological polar surface area (TPSA) is 90.7 Å². The standard InChI is InChI=1S/C17H16N2O5/c1-11-13(3-2-4-14(11)19(21)22)18-17(20)10-12-5-6-15-16(9-12)24-8-7-23-15/h2-6,9H,7-8,10H2,1H3,(H,18,20). The normalized spacial score (nSPS) is 12.5. The van der Waals surface area contributed by atoms with Crippen LogP contribution in [0.4, 0.5) is 11.4 Å². The minimum atomic E-state index is -0.466. The number of nitrogens with one attached hydrogen (secondary N) is 1. The zero-order chi connectivity index (χ0) is 17.1. The fraction of sp³-hybridized carbons (Fsp3) is 0.235. The summed E-state index contributed by atoms with van der Waals surface area (Å²) in [4.78, 5) is 22.7. The highest BCUT2D eigenvalue weighted by Crippen LogP contribution is 2.31. The zero-order valence-electron chi connectivity index (χ0n) is 13.1. The molecule has 124 valence electrons. The fourth-order valence-corrected chi connectivity index (χ4v) is 2.53. The van der Waals surface area contributed by atoms with Gasteiger partial charge in [-0.2, -0.15) is 0 Å². The van der Waals surface area contributed by atoms with E-state index in [2.05, 4.69) is 5.32 Å². The van der Waals surface area contributed by atoms with Gasteiger partial charge in [-0.05, 0) is 30.7 Å². The highest BCUT2D eigenvalue weighted by molar-refractivity contribution is 5.93. The summed E-state index contributed by atoms with van der Waals surface area (Å²) >= 11 is 0. The van der Waals surface area contributed by atoms with Gasteiger partial charge in [0.2, 0.25) is 5.91 Å². The molecule has 0 atom stereocenters. The summed E-state index contributed by atoms with van der Waals surface area (Å²) in [6, 6.07) is 9.94. The highest BCUT2D eigenvalue weighted by Gasteiger charge is 2.16. The molecule has 3 rings (SSSR count). The Balaban J connectivity index is 1.72. The van der Waals surface area contributed by atoms with Crippen LogP contribution in [0.3, 0.4) is 0 Å². The first-order valence-electron chi connectivity index (χ1n) is 7.47. The van der Waals surface area contributed by atoms with Gasteiger partial charge in [-0.15, -0.1) is 0 Å². The molecule has 1 aliphatic rings. The van der Waals surface area contributed by atoms with Gasteiger partial charge in [0.1, 0.15) is 13.2 Å². The van der Waals surface area contributed by atoms with E-state index in [4.69, 9.17) is 9.47 Å². The molecule has 0 spiro atoms. The van der Waals surface area contributed by atoms with Crippen molar-refractivity contribution in [3.05, 3.63) is 57.6 Å². The van der Waals surface area contributed by atoms with Gasteiger partial charge < -0.3 is 14.8 Å². The number of carbonyl (C=O) groups excluding carboxylic acids is 1. The number of nitro groups is 1. The van der Waals surface area contributed by atoms with Crippen LogP contribution < -0.4 is 14.8 Å². The maximum absolute atomic E-state index is 12.2. The summed E-state index contributed by atoms with van der Waals surface area (Å²) in [7, 11) is 0. The molecule has 0 saturated carbocycles. The number of carbonyl (C=O) groups is 1. The van der Waals surface area contributed by atoms with Crippen molar-refractivity contribution in [3.63, 3.8) is 0 Å². The van der Waals surface area contributed by atoms with E-state index >= 15 is 0 Å². The lowest BCUT2D eigenvalue weighted by Gasteiger charge is -2.18. The van der Waals surface area contributed by atoms with Crippen molar-refractivity contribution in [3.8, 4) is 11.5 Å². The summed E-state index contributed by atoms with van der Waals surface area (Å²) in [6.07, 6.45) is 0.138. The maximum Gasteiger partial charge on any atom is 0.274 e. The van der Waals surface area contributed by atoms with E-state index in [9.17, 15) is 14.9 Å². The van der Waals surface area contributed by atoms with E-state index in [0.29, 0.717) is 36.0 Å². The molecule has 1 amide bonds. The first-order valence-corrected chi connectivity index (χ1v) is 7.47. The van der Waals surface area contributed by atoms with Crippen molar-refractivity contribution >= 4 is 17.3 Å². The first-order chi connectivity index (χ1) is 11.5. The monoisotopic (exact) mass is 328 g/mol. The molecule has 1 N–H and O–H groups in total. The van der Waals surface area contributed by atoms with Crippen LogP contribution in [-0.2, 0) is 11.2 Å². The van der Waals surface area contributed by atoms with Crippen LogP contribution in [0, 0.1) is 17.0 Å². The summed E-state index contributed by atoms with van der Waals surface area (Å²) < 4.78 is 10.9. The van der Waals surface area contributed by atoms with E-state index in [-0.39, 0.29) is 18.0 Å². The van der Waals surface area contributed by atoms with Gasteiger partial charge in [-0.25, -0.2) is 0 Å². The van der Waals surface area contributed by atoms with Gasteiger partial charge in [0.15, 0.2) is 11.5 Å². The molecule has 0 aromatic heterocycles. The number of fused-ring (bicyclic) bond motifs is 1. The summed E-state index contributed by atoms with van der Waals surface area (Å²) in [5, 5.41) is 13.7. The van der Waals surface area contributed by atoms with E-state index in [1.165, 1.54) is 6.07 Å². The second kappa shape index (κ2) is 6.57. The smallest absolute Gasteiger partial charge is 0.274 e. The van der Waals surface area contributed by atoms with E-state index in [1.54, 1.807) is 37.3 Å². The van der Waals surface area contributed by atoms with Gasteiger partial charge in [-0.1, -0.05) is 12.1 Å². The molecule has 1 aliphatic heterocycles. The first kappa shape index (κ1) is 15.8. The van der Waals surface area contributed by atoms with E-state index in [1.807, 2.05) is 0 Å². The van der Waals surface area contributed by atoms with Crippen molar-refractivity contribution in [2.24, 2.45) is 0 Å². The third kappa shape index (κ3) is 3.29. The maximum atomic E-state index is 12.2. The second-order valence-corrected chi connectivity index (χ2v) is 5.41. The van der Waals surface area contributed by atoms with Crippen LogP contribution in [0.5, 0.6) is 11.5 Å². The second-order valence-electron chi connectivity index (χ2n) is 5.41. The molecule has 7 heteroatoms. The number of nitro benzene ring substituents is 1. The molecular weight excluding hydrogens is 312 g/mol. The summed E-state index contributed by atoms with van der Waals surface area (Å²) in [5.41, 5.74) is 1.62. The van der Waals surface area contributed by atoms with Crippen LogP contribution in [0.15, 0.2) is 36.4 Å². The van der Waals surface area contributed by atoms with Crippen molar-refractivity contribution < 1.29 is 19.2 Å². The number of hydrogen-bond donors (Lipinski definition) is 1. The lowest BCUT2D eigenvalue weighted by atomic mass is 10.1. The predicted octanol–water partition coefficient (Wildman–Crippen LogP) is 2.86.